The molecule has 0 aliphatic carbocycles. The molecule has 6 heteroatoms. The topological polar surface area (TPSA) is 75.6 Å². The Hall–Kier alpha value is -2.11. The van der Waals surface area contributed by atoms with Crippen LogP contribution >= 0.6 is 0 Å². The minimum Gasteiger partial charge on any atom is -0.383 e. The molecule has 2 heterocycles. The van der Waals surface area contributed by atoms with E-state index in [1.165, 1.54) is 6.07 Å². The van der Waals surface area contributed by atoms with E-state index in [0.29, 0.717) is 0 Å². The fourth-order valence-electron chi connectivity index (χ4n) is 1.43. The van der Waals surface area contributed by atoms with Crippen molar-refractivity contribution in [1.82, 2.24) is 19.7 Å². The number of imidazole rings is 1. The highest BCUT2D eigenvalue weighted by atomic mass is 16.1. The summed E-state index contributed by atoms with van der Waals surface area (Å²) in [5.41, 5.74) is 0.514. The number of aromatic amines is 1. The summed E-state index contributed by atoms with van der Waals surface area (Å²) in [6.07, 6.45) is 6.06. The summed E-state index contributed by atoms with van der Waals surface area (Å²) in [6.45, 7) is 0.718. The Labute approximate surface area is 92.3 Å². The van der Waals surface area contributed by atoms with Gasteiger partial charge in [0.15, 0.2) is 0 Å². The van der Waals surface area contributed by atoms with Gasteiger partial charge < -0.3 is 9.88 Å². The van der Waals surface area contributed by atoms with Crippen LogP contribution in [0.1, 0.15) is 5.82 Å². The van der Waals surface area contributed by atoms with Crippen LogP contribution in [0.3, 0.4) is 0 Å². The van der Waals surface area contributed by atoms with E-state index in [2.05, 4.69) is 20.5 Å². The molecule has 0 saturated carbocycles. The van der Waals surface area contributed by atoms with Gasteiger partial charge in [-0.2, -0.15) is 5.10 Å². The molecular formula is C10H13N5O. The van der Waals surface area contributed by atoms with Crippen LogP contribution in [0.2, 0.25) is 0 Å². The minimum absolute atomic E-state index is 0.206. The van der Waals surface area contributed by atoms with Crippen molar-refractivity contribution in [2.75, 3.05) is 11.9 Å². The third kappa shape index (κ3) is 2.47. The Morgan fingerprint density at radius 1 is 1.56 bits per heavy atom. The van der Waals surface area contributed by atoms with Gasteiger partial charge in [-0.3, -0.25) is 4.79 Å². The predicted octanol–water partition coefficient (Wildman–Crippen LogP) is 0.158. The summed E-state index contributed by atoms with van der Waals surface area (Å²) in [5.74, 6) is 1.00. The smallest absolute Gasteiger partial charge is 0.266 e. The maximum absolute atomic E-state index is 11.0. The fourth-order valence-corrected chi connectivity index (χ4v) is 1.43. The van der Waals surface area contributed by atoms with Gasteiger partial charge in [0.05, 0.1) is 11.9 Å². The monoisotopic (exact) mass is 219 g/mol. The van der Waals surface area contributed by atoms with Crippen molar-refractivity contribution >= 4 is 5.69 Å². The molecular weight excluding hydrogens is 206 g/mol. The van der Waals surface area contributed by atoms with E-state index in [0.717, 1.165) is 24.5 Å². The van der Waals surface area contributed by atoms with Crippen molar-refractivity contribution < 1.29 is 0 Å². The van der Waals surface area contributed by atoms with Gasteiger partial charge in [-0.15, -0.1) is 0 Å². The molecule has 0 unspecified atom stereocenters. The number of nitrogens with zero attached hydrogens (tertiary/aromatic N) is 3. The number of hydrogen-bond donors (Lipinski definition) is 2. The molecule has 2 aromatic rings. The van der Waals surface area contributed by atoms with Gasteiger partial charge in [-0.25, -0.2) is 10.1 Å². The van der Waals surface area contributed by atoms with Crippen LogP contribution in [-0.2, 0) is 13.5 Å². The van der Waals surface area contributed by atoms with Gasteiger partial charge in [0.1, 0.15) is 5.82 Å². The molecule has 0 radical (unpaired) electrons. The molecule has 0 aromatic carbocycles. The van der Waals surface area contributed by atoms with Crippen LogP contribution in [-0.4, -0.2) is 26.3 Å². The van der Waals surface area contributed by atoms with Gasteiger partial charge in [0.25, 0.3) is 5.56 Å². The Kier molecular flexibility index (Phi) is 3.00. The van der Waals surface area contributed by atoms with Crippen molar-refractivity contribution in [1.29, 1.82) is 0 Å². The Bertz CT molecular complexity index is 516. The first kappa shape index (κ1) is 10.4. The third-order valence-corrected chi connectivity index (χ3v) is 2.26. The van der Waals surface area contributed by atoms with Crippen LogP contribution < -0.4 is 10.9 Å². The summed E-state index contributed by atoms with van der Waals surface area (Å²) in [7, 11) is 1.96. The second-order valence-corrected chi connectivity index (χ2v) is 3.47. The van der Waals surface area contributed by atoms with Crippen LogP contribution in [0.4, 0.5) is 5.69 Å². The number of H-pyrrole nitrogens is 1. The zero-order chi connectivity index (χ0) is 11.4. The zero-order valence-electron chi connectivity index (χ0n) is 8.97. The van der Waals surface area contributed by atoms with Crippen molar-refractivity contribution in [2.45, 2.75) is 6.42 Å². The second-order valence-electron chi connectivity index (χ2n) is 3.47. The quantitative estimate of drug-likeness (QED) is 0.768. The molecule has 0 amide bonds. The highest BCUT2D eigenvalue weighted by Gasteiger charge is 1.99. The standard InChI is InChI=1S/C10H13N5O/c1-15-5-4-12-9(15)2-3-11-8-6-10(16)14-13-7-8/h4-7H,2-3H2,1H3,(H2,11,14,16). The Balaban J connectivity index is 1.89. The first-order valence-corrected chi connectivity index (χ1v) is 5.00. The van der Waals surface area contributed by atoms with E-state index in [-0.39, 0.29) is 5.56 Å². The number of rotatable bonds is 4. The minimum atomic E-state index is -0.206. The van der Waals surface area contributed by atoms with Gasteiger partial charge in [0, 0.05) is 38.5 Å². The predicted molar refractivity (Wildman–Crippen MR) is 60.3 cm³/mol. The summed E-state index contributed by atoms with van der Waals surface area (Å²) < 4.78 is 1.97. The number of nitrogens with one attached hydrogen (secondary N) is 2. The Morgan fingerprint density at radius 3 is 3.12 bits per heavy atom. The molecule has 2 N–H and O–H groups in total. The maximum Gasteiger partial charge on any atom is 0.266 e. The molecule has 2 rings (SSSR count). The van der Waals surface area contributed by atoms with Crippen molar-refractivity contribution in [3.05, 3.63) is 40.8 Å². The lowest BCUT2D eigenvalue weighted by atomic mass is 10.3. The second kappa shape index (κ2) is 4.61. The average Bonchev–Trinajstić information content (AvgIpc) is 2.65. The van der Waals surface area contributed by atoms with E-state index < -0.39 is 0 Å². The van der Waals surface area contributed by atoms with Crippen LogP contribution in [0.25, 0.3) is 0 Å². The summed E-state index contributed by atoms with van der Waals surface area (Å²) in [5, 5.41) is 9.13. The molecule has 0 aliphatic rings. The highest BCUT2D eigenvalue weighted by Crippen LogP contribution is 2.00. The number of aromatic nitrogens is 4. The van der Waals surface area contributed by atoms with Crippen LogP contribution in [0.5, 0.6) is 0 Å². The van der Waals surface area contributed by atoms with E-state index in [1.807, 2.05) is 17.8 Å². The van der Waals surface area contributed by atoms with Crippen LogP contribution in [0.15, 0.2) is 29.5 Å². The van der Waals surface area contributed by atoms with Gasteiger partial charge >= 0.3 is 0 Å². The molecule has 0 spiro atoms. The van der Waals surface area contributed by atoms with Crippen LogP contribution in [0, 0.1) is 0 Å². The molecule has 2 aromatic heterocycles. The Morgan fingerprint density at radius 2 is 2.44 bits per heavy atom. The van der Waals surface area contributed by atoms with Gasteiger partial charge in [-0.1, -0.05) is 0 Å². The van der Waals surface area contributed by atoms with E-state index >= 15 is 0 Å². The first-order valence-electron chi connectivity index (χ1n) is 5.00. The normalized spacial score (nSPS) is 10.3. The lowest BCUT2D eigenvalue weighted by Crippen LogP contribution is -2.12. The molecule has 84 valence electrons. The molecule has 0 fully saturated rings. The fraction of sp³-hybridized carbons (Fsp3) is 0.300. The van der Waals surface area contributed by atoms with E-state index in [4.69, 9.17) is 0 Å². The maximum atomic E-state index is 11.0. The first-order chi connectivity index (χ1) is 7.75. The molecule has 0 atom stereocenters. The van der Waals surface area contributed by atoms with E-state index in [9.17, 15) is 4.79 Å². The van der Waals surface area contributed by atoms with Crippen molar-refractivity contribution in [3.8, 4) is 0 Å². The zero-order valence-corrected chi connectivity index (χ0v) is 8.97. The van der Waals surface area contributed by atoms with Crippen molar-refractivity contribution in [2.24, 2.45) is 7.05 Å². The van der Waals surface area contributed by atoms with Gasteiger partial charge in [-0.05, 0) is 0 Å². The van der Waals surface area contributed by atoms with Gasteiger partial charge in [0.2, 0.25) is 0 Å². The molecule has 16 heavy (non-hydrogen) atoms. The number of hydrogen-bond acceptors (Lipinski definition) is 4. The van der Waals surface area contributed by atoms with Crippen molar-refractivity contribution in [3.63, 3.8) is 0 Å². The molecule has 6 nitrogen and oxygen atoms in total. The largest absolute Gasteiger partial charge is 0.383 e. The lowest BCUT2D eigenvalue weighted by Gasteiger charge is -2.04. The molecule has 0 aliphatic heterocycles. The summed E-state index contributed by atoms with van der Waals surface area (Å²) >= 11 is 0. The lowest BCUT2D eigenvalue weighted by molar-refractivity contribution is 0.789. The average molecular weight is 219 g/mol. The molecule has 0 bridgehead atoms. The number of anilines is 1. The summed E-state index contributed by atoms with van der Waals surface area (Å²) in [4.78, 5) is 15.2. The molecule has 0 saturated heterocycles. The SMILES string of the molecule is Cn1ccnc1CCNc1cn[nH]c(=O)c1. The van der Waals surface area contributed by atoms with E-state index in [1.54, 1.807) is 12.4 Å². The number of aryl methyl sites for hydroxylation is 1. The third-order valence-electron chi connectivity index (χ3n) is 2.26. The highest BCUT2D eigenvalue weighted by molar-refractivity contribution is 5.38. The summed E-state index contributed by atoms with van der Waals surface area (Å²) in [6, 6.07) is 1.48.